The molecule has 8 aromatic rings. The Morgan fingerprint density at radius 2 is 1.48 bits per heavy atom. The normalized spacial score (nSPS) is 15.4. The maximum atomic E-state index is 7.01. The Labute approximate surface area is 319 Å². The van der Waals surface area contributed by atoms with Gasteiger partial charge in [-0.05, 0) is 124 Å². The zero-order valence-electron chi connectivity index (χ0n) is 32.5. The average molecular weight is 704 g/mol. The molecule has 0 spiro atoms. The number of hydrogen-bond donors (Lipinski definition) is 1. The summed E-state index contributed by atoms with van der Waals surface area (Å²) >= 11 is 0. The molecule has 6 aromatic carbocycles. The summed E-state index contributed by atoms with van der Waals surface area (Å²) in [5, 5.41) is 10.2. The van der Waals surface area contributed by atoms with Gasteiger partial charge in [0.05, 0.1) is 16.9 Å². The summed E-state index contributed by atoms with van der Waals surface area (Å²) in [7, 11) is 2.34. The van der Waals surface area contributed by atoms with Crippen molar-refractivity contribution >= 4 is 73.3 Å². The van der Waals surface area contributed by atoms with E-state index in [0.29, 0.717) is 0 Å². The molecule has 0 saturated carbocycles. The Kier molecular flexibility index (Phi) is 7.51. The van der Waals surface area contributed by atoms with Crippen LogP contribution >= 0.6 is 0 Å². The smallest absolute Gasteiger partial charge is 0.247 e. The lowest BCUT2D eigenvalue weighted by Crippen LogP contribution is -2.36. The number of para-hydroxylation sites is 1. The number of benzene rings is 6. The molecule has 1 aliphatic heterocycles. The number of nitrogens with one attached hydrogen (secondary N) is 1. The first-order valence-electron chi connectivity index (χ1n) is 20.0. The van der Waals surface area contributed by atoms with Gasteiger partial charge in [0.15, 0.2) is 0 Å². The second-order valence-electron chi connectivity index (χ2n) is 17.3. The SMILES string of the molecule is CCCCCc1ccc(Nc2ccccc2-c2cc(C)c3c4c5ccccc5ccc4n4c3c2[B]c2oc3cc5c(cc3c2-4)C(C)(C)CCC5(C)C)cc1. The second kappa shape index (κ2) is 12.1. The molecule has 2 aliphatic rings. The first kappa shape index (κ1) is 33.4. The molecule has 0 amide bonds. The van der Waals surface area contributed by atoms with Crippen LogP contribution in [-0.2, 0) is 17.3 Å². The molecule has 10 rings (SSSR count). The molecule has 0 atom stereocenters. The Morgan fingerprint density at radius 1 is 0.741 bits per heavy atom. The molecule has 1 aliphatic carbocycles. The average Bonchev–Trinajstić information content (AvgIpc) is 3.72. The maximum absolute atomic E-state index is 7.01. The highest BCUT2D eigenvalue weighted by atomic mass is 16.3. The van der Waals surface area contributed by atoms with Crippen LogP contribution in [0.2, 0.25) is 0 Å². The van der Waals surface area contributed by atoms with Gasteiger partial charge in [0.2, 0.25) is 7.28 Å². The van der Waals surface area contributed by atoms with Crippen molar-refractivity contribution in [2.75, 3.05) is 5.32 Å². The van der Waals surface area contributed by atoms with E-state index in [0.717, 1.165) is 34.7 Å². The summed E-state index contributed by atoms with van der Waals surface area (Å²) in [5.41, 5.74) is 17.1. The van der Waals surface area contributed by atoms with Gasteiger partial charge in [0.1, 0.15) is 5.58 Å². The third-order valence-electron chi connectivity index (χ3n) is 12.8. The fourth-order valence-electron chi connectivity index (χ4n) is 9.73. The van der Waals surface area contributed by atoms with Crippen LogP contribution in [0.3, 0.4) is 0 Å². The van der Waals surface area contributed by atoms with Crippen LogP contribution in [0.15, 0.2) is 108 Å². The lowest BCUT2D eigenvalue weighted by molar-refractivity contribution is 0.332. The van der Waals surface area contributed by atoms with Crippen LogP contribution < -0.4 is 16.4 Å². The Bertz CT molecular complexity index is 2800. The van der Waals surface area contributed by atoms with Gasteiger partial charge in [-0.3, -0.25) is 0 Å². The number of aryl methyl sites for hydroxylation is 2. The van der Waals surface area contributed by atoms with Gasteiger partial charge in [-0.2, -0.15) is 0 Å². The minimum Gasteiger partial charge on any atom is -0.469 e. The molecule has 54 heavy (non-hydrogen) atoms. The monoisotopic (exact) mass is 703 g/mol. The molecule has 267 valence electrons. The largest absolute Gasteiger partial charge is 0.469 e. The van der Waals surface area contributed by atoms with Gasteiger partial charge in [-0.15, -0.1) is 0 Å². The van der Waals surface area contributed by atoms with E-state index in [1.807, 2.05) is 0 Å². The molecule has 1 radical (unpaired) electrons. The van der Waals surface area contributed by atoms with E-state index in [-0.39, 0.29) is 10.8 Å². The van der Waals surface area contributed by atoms with Crippen LogP contribution in [-0.4, -0.2) is 11.8 Å². The Balaban J connectivity index is 1.22. The first-order valence-corrected chi connectivity index (χ1v) is 20.0. The van der Waals surface area contributed by atoms with Crippen LogP contribution in [0.25, 0.3) is 60.4 Å². The van der Waals surface area contributed by atoms with Gasteiger partial charge in [-0.1, -0.05) is 114 Å². The molecular formula is C50H48BN2O. The molecule has 0 fully saturated rings. The van der Waals surface area contributed by atoms with Crippen LogP contribution in [0.4, 0.5) is 11.4 Å². The molecule has 2 aromatic heterocycles. The van der Waals surface area contributed by atoms with Crippen molar-refractivity contribution in [3.8, 4) is 16.8 Å². The van der Waals surface area contributed by atoms with Crippen molar-refractivity contribution in [2.24, 2.45) is 0 Å². The summed E-state index contributed by atoms with van der Waals surface area (Å²) in [5.74, 6) is 0. The van der Waals surface area contributed by atoms with Crippen molar-refractivity contribution in [3.63, 3.8) is 0 Å². The minimum atomic E-state index is 0.0968. The number of unbranched alkanes of at least 4 members (excludes halogenated alkanes) is 2. The van der Waals surface area contributed by atoms with Crippen molar-refractivity contribution in [3.05, 3.63) is 125 Å². The highest BCUT2D eigenvalue weighted by molar-refractivity contribution is 6.73. The quantitative estimate of drug-likeness (QED) is 0.132. The number of nitrogens with zero attached hydrogens (tertiary/aromatic N) is 1. The molecule has 0 saturated heterocycles. The van der Waals surface area contributed by atoms with Crippen molar-refractivity contribution in [2.45, 2.75) is 90.9 Å². The van der Waals surface area contributed by atoms with E-state index in [1.165, 1.54) is 109 Å². The molecule has 3 nitrogen and oxygen atoms in total. The predicted molar refractivity (Wildman–Crippen MR) is 231 cm³/mol. The fourth-order valence-corrected chi connectivity index (χ4v) is 9.73. The molecule has 1 N–H and O–H groups in total. The Hall–Kier alpha value is -5.22. The third-order valence-corrected chi connectivity index (χ3v) is 12.8. The number of aromatic nitrogens is 1. The maximum Gasteiger partial charge on any atom is 0.247 e. The van der Waals surface area contributed by atoms with E-state index < -0.39 is 0 Å². The highest BCUT2D eigenvalue weighted by Crippen LogP contribution is 2.49. The summed E-state index contributed by atoms with van der Waals surface area (Å²) in [4.78, 5) is 0. The Morgan fingerprint density at radius 3 is 2.28 bits per heavy atom. The lowest BCUT2D eigenvalue weighted by Gasteiger charge is -2.41. The highest BCUT2D eigenvalue weighted by Gasteiger charge is 2.39. The van der Waals surface area contributed by atoms with E-state index >= 15 is 0 Å². The number of hydrogen-bond acceptors (Lipinski definition) is 2. The number of furan rings is 1. The van der Waals surface area contributed by atoms with Crippen molar-refractivity contribution in [1.29, 1.82) is 0 Å². The number of rotatable bonds is 7. The van der Waals surface area contributed by atoms with Gasteiger partial charge in [0.25, 0.3) is 0 Å². The standard InChI is InChI=1S/C50H48BN2O/c1-7-8-9-14-31-19-22-33(23-20-31)52-40-18-13-12-17-35(40)36-27-30(2)43-44-34-16-11-10-15-32(34)21-24-41(44)53-46-37-28-38-39(50(5,6)26-25-49(38,3)4)29-42(37)54-48(46)51-45(36)47(43)53/h10-13,15-24,27-29,52H,7-9,14,25-26H2,1-6H3. The molecular weight excluding hydrogens is 655 g/mol. The summed E-state index contributed by atoms with van der Waals surface area (Å²) in [6.07, 6.45) is 7.24. The van der Waals surface area contributed by atoms with Gasteiger partial charge in [0, 0.05) is 38.6 Å². The second-order valence-corrected chi connectivity index (χ2v) is 17.3. The van der Waals surface area contributed by atoms with E-state index in [4.69, 9.17) is 4.42 Å². The molecule has 3 heterocycles. The number of fused-ring (bicyclic) bond motifs is 10. The van der Waals surface area contributed by atoms with Crippen LogP contribution in [0.1, 0.15) is 89.0 Å². The third kappa shape index (κ3) is 5.02. The van der Waals surface area contributed by atoms with E-state index in [1.54, 1.807) is 0 Å². The van der Waals surface area contributed by atoms with E-state index in [9.17, 15) is 0 Å². The summed E-state index contributed by atoms with van der Waals surface area (Å²) in [6.45, 7) is 14.2. The summed E-state index contributed by atoms with van der Waals surface area (Å²) < 4.78 is 9.56. The predicted octanol–water partition coefficient (Wildman–Crippen LogP) is 12.5. The fraction of sp³-hybridized carbons (Fsp3) is 0.280. The van der Waals surface area contributed by atoms with Crippen molar-refractivity contribution < 1.29 is 4.42 Å². The van der Waals surface area contributed by atoms with Gasteiger partial charge < -0.3 is 14.3 Å². The zero-order valence-corrected chi connectivity index (χ0v) is 32.5. The van der Waals surface area contributed by atoms with Gasteiger partial charge in [-0.25, -0.2) is 0 Å². The van der Waals surface area contributed by atoms with Crippen molar-refractivity contribution in [1.82, 2.24) is 4.57 Å². The first-order chi connectivity index (χ1) is 26.1. The lowest BCUT2D eigenvalue weighted by atomic mass is 9.61. The molecule has 0 bridgehead atoms. The van der Waals surface area contributed by atoms with Crippen LogP contribution in [0.5, 0.6) is 0 Å². The summed E-state index contributed by atoms with van der Waals surface area (Å²) in [6, 6.07) is 38.5. The van der Waals surface area contributed by atoms with Crippen LogP contribution in [0, 0.1) is 6.92 Å². The minimum absolute atomic E-state index is 0.0968. The topological polar surface area (TPSA) is 30.1 Å². The molecule has 0 unspecified atom stereocenters. The van der Waals surface area contributed by atoms with Gasteiger partial charge >= 0.3 is 0 Å². The molecule has 4 heteroatoms. The zero-order chi connectivity index (χ0) is 36.9. The number of anilines is 2. The van der Waals surface area contributed by atoms with E-state index in [2.05, 4.69) is 162 Å².